The van der Waals surface area contributed by atoms with Gasteiger partial charge in [0.15, 0.2) is 5.60 Å². The van der Waals surface area contributed by atoms with Gasteiger partial charge in [0.25, 0.3) is 0 Å². The summed E-state index contributed by atoms with van der Waals surface area (Å²) in [7, 11) is 0. The Bertz CT molecular complexity index is 965. The summed E-state index contributed by atoms with van der Waals surface area (Å²) < 4.78 is 28.1. The van der Waals surface area contributed by atoms with Crippen molar-refractivity contribution in [3.8, 4) is 0 Å². The molecule has 0 bridgehead atoms. The minimum atomic E-state index is -2.14. The lowest BCUT2D eigenvalue weighted by atomic mass is 9.84. The standard InChI is InChI=1S/C24H28O4S/c1-6-24(5)22(25)20(17-11-13-19(14-12-17)23(2,3)4)21(28-24)18-9-7-16(8-10-18)15-29(26)27/h7-14H,6,15H2,1-5H3,(H,26,27)/p-1. The molecule has 2 atom stereocenters. The summed E-state index contributed by atoms with van der Waals surface area (Å²) in [5.74, 6) is 0.494. The van der Waals surface area contributed by atoms with Crippen LogP contribution in [0, 0.1) is 0 Å². The van der Waals surface area contributed by atoms with E-state index >= 15 is 0 Å². The van der Waals surface area contributed by atoms with Crippen LogP contribution >= 0.6 is 0 Å². The fourth-order valence-electron chi connectivity index (χ4n) is 3.41. The van der Waals surface area contributed by atoms with Crippen LogP contribution in [0.3, 0.4) is 0 Å². The molecule has 0 saturated carbocycles. The van der Waals surface area contributed by atoms with Crippen LogP contribution in [0.1, 0.15) is 63.3 Å². The molecule has 0 spiro atoms. The van der Waals surface area contributed by atoms with E-state index in [4.69, 9.17) is 4.74 Å². The minimum absolute atomic E-state index is 0.0248. The molecule has 0 saturated heterocycles. The van der Waals surface area contributed by atoms with E-state index in [0.29, 0.717) is 23.3 Å². The SMILES string of the molecule is CCC1(C)OC(c2ccc(CS(=O)[O-])cc2)=C(c2ccc(C(C)(C)C)cc2)C1=O. The van der Waals surface area contributed by atoms with Crippen molar-refractivity contribution in [2.75, 3.05) is 0 Å². The lowest BCUT2D eigenvalue weighted by Crippen LogP contribution is -2.32. The first-order valence-corrected chi connectivity index (χ1v) is 11.0. The molecule has 1 heterocycles. The highest BCUT2D eigenvalue weighted by Crippen LogP contribution is 2.43. The first-order chi connectivity index (χ1) is 13.5. The van der Waals surface area contributed by atoms with Crippen molar-refractivity contribution in [2.24, 2.45) is 0 Å². The van der Waals surface area contributed by atoms with Crippen molar-refractivity contribution in [2.45, 2.75) is 57.8 Å². The molecule has 0 aromatic heterocycles. The molecule has 1 aliphatic rings. The Kier molecular flexibility index (Phi) is 5.84. The Morgan fingerprint density at radius 1 is 1.00 bits per heavy atom. The summed E-state index contributed by atoms with van der Waals surface area (Å²) in [6.45, 7) is 10.2. The summed E-state index contributed by atoms with van der Waals surface area (Å²) in [5.41, 5.74) is 3.20. The van der Waals surface area contributed by atoms with Crippen molar-refractivity contribution >= 4 is 28.2 Å². The van der Waals surface area contributed by atoms with Crippen LogP contribution in [0.5, 0.6) is 0 Å². The number of carbonyl (C=O) groups excluding carboxylic acids is 1. The predicted molar refractivity (Wildman–Crippen MR) is 116 cm³/mol. The Labute approximate surface area is 175 Å². The molecule has 0 aliphatic carbocycles. The quantitative estimate of drug-likeness (QED) is 0.650. The number of carbonyl (C=O) groups is 1. The maximum atomic E-state index is 13.3. The molecule has 5 heteroatoms. The topological polar surface area (TPSA) is 66.4 Å². The van der Waals surface area contributed by atoms with Crippen LogP contribution in [0.15, 0.2) is 48.5 Å². The molecule has 0 N–H and O–H groups in total. The third kappa shape index (κ3) is 4.36. The van der Waals surface area contributed by atoms with Crippen LogP contribution in [-0.2, 0) is 31.8 Å². The zero-order valence-electron chi connectivity index (χ0n) is 17.6. The van der Waals surface area contributed by atoms with Crippen LogP contribution in [0.2, 0.25) is 0 Å². The third-order valence-corrected chi connectivity index (χ3v) is 6.05. The third-order valence-electron chi connectivity index (χ3n) is 5.48. The number of hydrogen-bond acceptors (Lipinski definition) is 4. The number of hydrogen-bond donors (Lipinski definition) is 0. The highest BCUT2D eigenvalue weighted by Gasteiger charge is 2.45. The highest BCUT2D eigenvalue weighted by molar-refractivity contribution is 7.78. The molecule has 0 radical (unpaired) electrons. The minimum Gasteiger partial charge on any atom is -0.772 e. The van der Waals surface area contributed by atoms with Crippen molar-refractivity contribution in [3.63, 3.8) is 0 Å². The number of ether oxygens (including phenoxy) is 1. The van der Waals surface area contributed by atoms with E-state index in [1.165, 1.54) is 5.56 Å². The van der Waals surface area contributed by atoms with Crippen molar-refractivity contribution in [1.82, 2.24) is 0 Å². The lowest BCUT2D eigenvalue weighted by molar-refractivity contribution is -0.126. The summed E-state index contributed by atoms with van der Waals surface area (Å²) >= 11 is -2.14. The molecular weight excluding hydrogens is 384 g/mol. The predicted octanol–water partition coefficient (Wildman–Crippen LogP) is 5.00. The second-order valence-corrected chi connectivity index (χ2v) is 9.59. The first-order valence-electron chi connectivity index (χ1n) is 9.79. The lowest BCUT2D eigenvalue weighted by Gasteiger charge is -2.22. The van der Waals surface area contributed by atoms with Gasteiger partial charge in [0.2, 0.25) is 5.78 Å². The summed E-state index contributed by atoms with van der Waals surface area (Å²) in [6, 6.07) is 15.2. The van der Waals surface area contributed by atoms with Gasteiger partial charge in [-0.25, -0.2) is 0 Å². The molecule has 0 amide bonds. The van der Waals surface area contributed by atoms with Gasteiger partial charge in [0.05, 0.1) is 5.57 Å². The molecule has 29 heavy (non-hydrogen) atoms. The van der Waals surface area contributed by atoms with Gasteiger partial charge >= 0.3 is 0 Å². The maximum Gasteiger partial charge on any atom is 0.210 e. The average Bonchev–Trinajstić information content (AvgIpc) is 2.93. The van der Waals surface area contributed by atoms with E-state index in [1.54, 1.807) is 12.1 Å². The summed E-state index contributed by atoms with van der Waals surface area (Å²) in [4.78, 5) is 13.3. The summed E-state index contributed by atoms with van der Waals surface area (Å²) in [6.07, 6.45) is 0.562. The van der Waals surface area contributed by atoms with Crippen LogP contribution in [-0.4, -0.2) is 20.1 Å². The number of rotatable bonds is 5. The normalized spacial score (nSPS) is 20.7. The van der Waals surface area contributed by atoms with E-state index in [2.05, 4.69) is 32.9 Å². The second kappa shape index (κ2) is 7.88. The zero-order chi connectivity index (χ0) is 21.4. The highest BCUT2D eigenvalue weighted by atomic mass is 32.2. The average molecular weight is 412 g/mol. The Balaban J connectivity index is 2.07. The molecule has 0 fully saturated rings. The van der Waals surface area contributed by atoms with Crippen LogP contribution in [0.4, 0.5) is 0 Å². The van der Waals surface area contributed by atoms with Gasteiger partial charge in [-0.2, -0.15) is 0 Å². The largest absolute Gasteiger partial charge is 0.772 e. The van der Waals surface area contributed by atoms with E-state index in [-0.39, 0.29) is 17.0 Å². The molecule has 154 valence electrons. The molecule has 2 unspecified atom stereocenters. The molecule has 1 aliphatic heterocycles. The van der Waals surface area contributed by atoms with E-state index in [1.807, 2.05) is 38.1 Å². The monoisotopic (exact) mass is 411 g/mol. The van der Waals surface area contributed by atoms with Gasteiger partial charge in [-0.05, 0) is 35.4 Å². The first kappa shape index (κ1) is 21.5. The van der Waals surface area contributed by atoms with E-state index in [0.717, 1.165) is 11.1 Å². The molecule has 4 nitrogen and oxygen atoms in total. The number of ketones is 1. The van der Waals surface area contributed by atoms with E-state index in [9.17, 15) is 13.6 Å². The van der Waals surface area contributed by atoms with Crippen molar-refractivity contribution in [3.05, 3.63) is 70.8 Å². The van der Waals surface area contributed by atoms with Gasteiger partial charge < -0.3 is 9.29 Å². The van der Waals surface area contributed by atoms with Crippen molar-refractivity contribution < 1.29 is 18.3 Å². The molecule has 2 aromatic carbocycles. The Morgan fingerprint density at radius 3 is 2.03 bits per heavy atom. The molecular formula is C24H27O4S-. The number of benzene rings is 2. The Morgan fingerprint density at radius 2 is 1.55 bits per heavy atom. The van der Waals surface area contributed by atoms with Gasteiger partial charge in [0.1, 0.15) is 5.76 Å². The van der Waals surface area contributed by atoms with Gasteiger partial charge in [-0.1, -0.05) is 87.3 Å². The van der Waals surface area contributed by atoms with Crippen LogP contribution in [0.25, 0.3) is 11.3 Å². The fraction of sp³-hybridized carbons (Fsp3) is 0.375. The number of Topliss-reactive ketones (excluding diaryl/α,β-unsaturated/α-hetero) is 1. The summed E-state index contributed by atoms with van der Waals surface area (Å²) in [5, 5.41) is 0. The zero-order valence-corrected chi connectivity index (χ0v) is 18.4. The van der Waals surface area contributed by atoms with E-state index < -0.39 is 16.7 Å². The molecule has 2 aromatic rings. The molecule has 3 rings (SSSR count). The maximum absolute atomic E-state index is 13.3. The smallest absolute Gasteiger partial charge is 0.210 e. The van der Waals surface area contributed by atoms with Gasteiger partial charge in [-0.15, -0.1) is 0 Å². The van der Waals surface area contributed by atoms with Gasteiger partial charge in [0, 0.05) is 11.3 Å². The Hall–Kier alpha value is -2.24. The fourth-order valence-corrected chi connectivity index (χ4v) is 3.88. The van der Waals surface area contributed by atoms with Crippen molar-refractivity contribution in [1.29, 1.82) is 0 Å². The second-order valence-electron chi connectivity index (χ2n) is 8.69. The van der Waals surface area contributed by atoms with Crippen LogP contribution < -0.4 is 0 Å². The van der Waals surface area contributed by atoms with Gasteiger partial charge in [-0.3, -0.25) is 9.00 Å².